The quantitative estimate of drug-likeness (QED) is 0.734. The Hall–Kier alpha value is -2.27. The van der Waals surface area contributed by atoms with E-state index in [0.29, 0.717) is 10.8 Å². The van der Waals surface area contributed by atoms with E-state index in [1.165, 1.54) is 0 Å². The molecule has 0 atom stereocenters. The van der Waals surface area contributed by atoms with Gasteiger partial charge < -0.3 is 10.6 Å². The van der Waals surface area contributed by atoms with Crippen molar-refractivity contribution in [3.63, 3.8) is 0 Å². The number of hydrogen-bond donors (Lipinski definition) is 2. The molecular formula is C20H24N2O2S. The topological polar surface area (TPSA) is 58.2 Å². The van der Waals surface area contributed by atoms with Crippen LogP contribution in [-0.2, 0) is 11.2 Å². The summed E-state index contributed by atoms with van der Waals surface area (Å²) in [6.07, 6.45) is 0.836. The van der Waals surface area contributed by atoms with E-state index in [1.54, 1.807) is 17.8 Å². The first kappa shape index (κ1) is 19.1. The van der Waals surface area contributed by atoms with Crippen molar-refractivity contribution in [1.82, 2.24) is 5.32 Å². The summed E-state index contributed by atoms with van der Waals surface area (Å²) in [6.45, 7) is 6.14. The fourth-order valence-corrected chi connectivity index (χ4v) is 3.36. The van der Waals surface area contributed by atoms with E-state index in [-0.39, 0.29) is 18.4 Å². The lowest BCUT2D eigenvalue weighted by atomic mass is 10.1. The number of carbonyl (C=O) groups excluding carboxylic acids is 2. The minimum Gasteiger partial charge on any atom is -0.343 e. The van der Waals surface area contributed by atoms with Gasteiger partial charge in [0, 0.05) is 15.8 Å². The van der Waals surface area contributed by atoms with E-state index < -0.39 is 0 Å². The molecule has 0 aliphatic rings. The van der Waals surface area contributed by atoms with E-state index >= 15 is 0 Å². The molecule has 0 bridgehead atoms. The normalized spacial score (nSPS) is 10.6. The number of amides is 2. The molecule has 2 aromatic rings. The highest BCUT2D eigenvalue weighted by Gasteiger charge is 2.14. The molecule has 0 spiro atoms. The van der Waals surface area contributed by atoms with Gasteiger partial charge in [-0.25, -0.2) is 0 Å². The molecule has 0 unspecified atom stereocenters. The summed E-state index contributed by atoms with van der Waals surface area (Å²) in [5.74, 6) is -0.467. The van der Waals surface area contributed by atoms with Gasteiger partial charge >= 0.3 is 0 Å². The Morgan fingerprint density at radius 3 is 2.44 bits per heavy atom. The summed E-state index contributed by atoms with van der Waals surface area (Å²) >= 11 is 1.63. The molecule has 0 radical (unpaired) electrons. The highest BCUT2D eigenvalue weighted by atomic mass is 32.2. The van der Waals surface area contributed by atoms with Gasteiger partial charge in [-0.05, 0) is 30.2 Å². The highest BCUT2D eigenvalue weighted by Crippen LogP contribution is 2.26. The van der Waals surface area contributed by atoms with Gasteiger partial charge in [-0.2, -0.15) is 0 Å². The molecule has 0 aliphatic carbocycles. The zero-order valence-electron chi connectivity index (χ0n) is 14.8. The standard InChI is InChI=1S/C20H24N2O2S/c1-4-15-9-5-7-11-17(15)22-19(23)13-21-20(24)16-10-6-8-12-18(16)25-14(2)3/h5-12,14H,4,13H2,1-3H3,(H,21,24)(H,22,23). The molecule has 5 heteroatoms. The van der Waals surface area contributed by atoms with Gasteiger partial charge in [0.2, 0.25) is 5.91 Å². The van der Waals surface area contributed by atoms with Gasteiger partial charge in [0.1, 0.15) is 0 Å². The molecule has 2 rings (SSSR count). The number of nitrogens with one attached hydrogen (secondary N) is 2. The summed E-state index contributed by atoms with van der Waals surface area (Å²) in [7, 11) is 0. The Morgan fingerprint density at radius 1 is 1.04 bits per heavy atom. The first-order chi connectivity index (χ1) is 12.0. The third-order valence-corrected chi connectivity index (χ3v) is 4.66. The minimum atomic E-state index is -0.234. The number of aryl methyl sites for hydroxylation is 1. The van der Waals surface area contributed by atoms with E-state index in [0.717, 1.165) is 22.6 Å². The lowest BCUT2D eigenvalue weighted by Gasteiger charge is -2.12. The van der Waals surface area contributed by atoms with Gasteiger partial charge in [0.15, 0.2) is 0 Å². The van der Waals surface area contributed by atoms with Crippen LogP contribution in [0.1, 0.15) is 36.7 Å². The second-order valence-electron chi connectivity index (χ2n) is 5.90. The Labute approximate surface area is 153 Å². The first-order valence-electron chi connectivity index (χ1n) is 8.43. The van der Waals surface area contributed by atoms with Crippen LogP contribution < -0.4 is 10.6 Å². The second kappa shape index (κ2) is 9.28. The molecule has 132 valence electrons. The van der Waals surface area contributed by atoms with Crippen molar-refractivity contribution in [1.29, 1.82) is 0 Å². The molecule has 25 heavy (non-hydrogen) atoms. The molecule has 0 aliphatic heterocycles. The largest absolute Gasteiger partial charge is 0.343 e. The first-order valence-corrected chi connectivity index (χ1v) is 9.30. The Balaban J connectivity index is 1.97. The molecule has 0 aromatic heterocycles. The van der Waals surface area contributed by atoms with E-state index in [4.69, 9.17) is 0 Å². The molecule has 2 aromatic carbocycles. The van der Waals surface area contributed by atoms with Crippen LogP contribution in [0.15, 0.2) is 53.4 Å². The van der Waals surface area contributed by atoms with Crippen LogP contribution in [0.2, 0.25) is 0 Å². The van der Waals surface area contributed by atoms with Gasteiger partial charge in [0.05, 0.1) is 12.1 Å². The summed E-state index contributed by atoms with van der Waals surface area (Å²) in [5.41, 5.74) is 2.46. The Kier molecular flexibility index (Phi) is 7.07. The molecule has 0 fully saturated rings. The Morgan fingerprint density at radius 2 is 1.72 bits per heavy atom. The molecule has 2 N–H and O–H groups in total. The van der Waals surface area contributed by atoms with Gasteiger partial charge in [-0.3, -0.25) is 9.59 Å². The summed E-state index contributed by atoms with van der Waals surface area (Å²) < 4.78 is 0. The molecule has 0 saturated heterocycles. The van der Waals surface area contributed by atoms with Crippen LogP contribution in [0.3, 0.4) is 0 Å². The predicted octanol–water partition coefficient (Wildman–Crippen LogP) is 4.12. The van der Waals surface area contributed by atoms with Crippen molar-refractivity contribution in [2.24, 2.45) is 0 Å². The molecule has 2 amide bonds. The summed E-state index contributed by atoms with van der Waals surface area (Å²) in [6, 6.07) is 15.1. The number of anilines is 1. The fourth-order valence-electron chi connectivity index (χ4n) is 2.41. The average molecular weight is 356 g/mol. The van der Waals surface area contributed by atoms with Gasteiger partial charge in [0.25, 0.3) is 5.91 Å². The number of carbonyl (C=O) groups is 2. The van der Waals surface area contributed by atoms with Crippen molar-refractivity contribution in [2.45, 2.75) is 37.3 Å². The van der Waals surface area contributed by atoms with Crippen molar-refractivity contribution < 1.29 is 9.59 Å². The van der Waals surface area contributed by atoms with E-state index in [9.17, 15) is 9.59 Å². The average Bonchev–Trinajstić information content (AvgIpc) is 2.60. The van der Waals surface area contributed by atoms with Crippen LogP contribution in [0.25, 0.3) is 0 Å². The van der Waals surface area contributed by atoms with Crippen LogP contribution in [0.5, 0.6) is 0 Å². The molecular weight excluding hydrogens is 332 g/mol. The maximum Gasteiger partial charge on any atom is 0.252 e. The zero-order chi connectivity index (χ0) is 18.2. The minimum absolute atomic E-state index is 0.0580. The summed E-state index contributed by atoms with van der Waals surface area (Å²) in [4.78, 5) is 25.5. The summed E-state index contributed by atoms with van der Waals surface area (Å²) in [5, 5.41) is 5.94. The Bertz CT molecular complexity index is 744. The molecule has 4 nitrogen and oxygen atoms in total. The molecule has 0 saturated carbocycles. The van der Waals surface area contributed by atoms with E-state index in [2.05, 4.69) is 24.5 Å². The predicted molar refractivity (Wildman–Crippen MR) is 104 cm³/mol. The number of benzene rings is 2. The third-order valence-electron chi connectivity index (χ3n) is 3.58. The van der Waals surface area contributed by atoms with Crippen molar-refractivity contribution in [3.8, 4) is 0 Å². The maximum absolute atomic E-state index is 12.4. The highest BCUT2D eigenvalue weighted by molar-refractivity contribution is 8.00. The second-order valence-corrected chi connectivity index (χ2v) is 7.52. The van der Waals surface area contributed by atoms with Crippen LogP contribution in [0.4, 0.5) is 5.69 Å². The number of hydrogen-bond acceptors (Lipinski definition) is 3. The molecule has 0 heterocycles. The van der Waals surface area contributed by atoms with Crippen molar-refractivity contribution in [3.05, 3.63) is 59.7 Å². The van der Waals surface area contributed by atoms with Crippen LogP contribution in [0, 0.1) is 0 Å². The van der Waals surface area contributed by atoms with Crippen LogP contribution in [-0.4, -0.2) is 23.6 Å². The van der Waals surface area contributed by atoms with Crippen molar-refractivity contribution >= 4 is 29.3 Å². The van der Waals surface area contributed by atoms with Crippen molar-refractivity contribution in [2.75, 3.05) is 11.9 Å². The van der Waals surface area contributed by atoms with Gasteiger partial charge in [-0.15, -0.1) is 11.8 Å². The lowest BCUT2D eigenvalue weighted by molar-refractivity contribution is -0.115. The van der Waals surface area contributed by atoms with Gasteiger partial charge in [-0.1, -0.05) is 51.1 Å². The number of rotatable bonds is 7. The smallest absolute Gasteiger partial charge is 0.252 e. The maximum atomic E-state index is 12.4. The lowest BCUT2D eigenvalue weighted by Crippen LogP contribution is -2.33. The number of thioether (sulfide) groups is 1. The van der Waals surface area contributed by atoms with E-state index in [1.807, 2.05) is 49.4 Å². The van der Waals surface area contributed by atoms with Crippen LogP contribution >= 0.6 is 11.8 Å². The fraction of sp³-hybridized carbons (Fsp3) is 0.300. The zero-order valence-corrected chi connectivity index (χ0v) is 15.7. The SMILES string of the molecule is CCc1ccccc1NC(=O)CNC(=O)c1ccccc1SC(C)C. The third kappa shape index (κ3) is 5.64. The number of para-hydroxylation sites is 1. The monoisotopic (exact) mass is 356 g/mol.